The molecule has 3 heteroatoms. The molecule has 0 aromatic carbocycles. The molecule has 0 bridgehead atoms. The van der Waals surface area contributed by atoms with Crippen molar-refractivity contribution < 1.29 is 1.37 Å². The first-order valence-electron chi connectivity index (χ1n) is 1.96. The molecule has 0 atom stereocenters. The molecule has 0 spiro atoms. The van der Waals surface area contributed by atoms with Crippen LogP contribution in [-0.4, -0.2) is 4.98 Å². The van der Waals surface area contributed by atoms with Crippen LogP contribution in [0.25, 0.3) is 0 Å². The monoisotopic (exact) mass is 102 g/mol. The van der Waals surface area contributed by atoms with Gasteiger partial charge in [0, 0.05) is 11.6 Å². The van der Waals surface area contributed by atoms with Gasteiger partial charge in [0.25, 0.3) is 0 Å². The number of rotatable bonds is 0. The summed E-state index contributed by atoms with van der Waals surface area (Å²) in [6, 6.07) is 0. The summed E-state index contributed by atoms with van der Waals surface area (Å²) < 4.78 is 6.84. The van der Waals surface area contributed by atoms with Crippen LogP contribution in [0.5, 0.6) is 0 Å². The number of hydrogen-bond acceptors (Lipinski definition) is 3. The molecule has 1 heterocycles. The number of hydrogen-bond donors (Lipinski definition) is 1. The Morgan fingerprint density at radius 1 is 2.17 bits per heavy atom. The summed E-state index contributed by atoms with van der Waals surface area (Å²) >= 11 is 1.28. The van der Waals surface area contributed by atoms with Crippen LogP contribution in [0, 0.1) is 0 Å². The molecule has 1 aromatic heterocycles. The summed E-state index contributed by atoms with van der Waals surface area (Å²) in [5.74, 6) is 0. The minimum Gasteiger partial charge on any atom is -0.375 e. The SMILES string of the molecule is [3H]c1csc(N)n1. The quantitative estimate of drug-likeness (QED) is 0.524. The molecule has 1 aromatic rings. The maximum Gasteiger partial charge on any atom is 0.179 e. The third-order valence-electron chi connectivity index (χ3n) is 0.407. The Morgan fingerprint density at radius 3 is 3.17 bits per heavy atom. The van der Waals surface area contributed by atoms with Crippen molar-refractivity contribution in [2.24, 2.45) is 0 Å². The predicted octanol–water partition coefficient (Wildman–Crippen LogP) is 0.725. The molecule has 0 saturated carbocycles. The van der Waals surface area contributed by atoms with Gasteiger partial charge in [-0.3, -0.25) is 0 Å². The molecular weight excluding hydrogens is 96.1 g/mol. The van der Waals surface area contributed by atoms with E-state index < -0.39 is 0 Å². The lowest BCUT2D eigenvalue weighted by Crippen LogP contribution is -1.77. The van der Waals surface area contributed by atoms with Gasteiger partial charge in [-0.15, -0.1) is 11.3 Å². The fourth-order valence-electron chi connectivity index (χ4n) is 0.203. The lowest BCUT2D eigenvalue weighted by atomic mass is 11.0. The standard InChI is InChI=1S/C3H4N2S/c4-3-5-1-2-6-3/h1-2H,(H2,4,5)/i1T. The maximum absolute atomic E-state index is 6.84. The minimum atomic E-state index is 0.252. The molecule has 0 unspecified atom stereocenters. The van der Waals surface area contributed by atoms with Gasteiger partial charge in [-0.1, -0.05) is 0 Å². The lowest BCUT2D eigenvalue weighted by molar-refractivity contribution is 1.43. The first-order valence-corrected chi connectivity index (χ1v) is 2.34. The zero-order chi connectivity index (χ0) is 5.28. The van der Waals surface area contributed by atoms with Crippen molar-refractivity contribution in [2.75, 3.05) is 5.73 Å². The Morgan fingerprint density at radius 2 is 3.00 bits per heavy atom. The molecule has 2 N–H and O–H groups in total. The van der Waals surface area contributed by atoms with Gasteiger partial charge < -0.3 is 5.73 Å². The Kier molecular flexibility index (Phi) is 0.542. The minimum absolute atomic E-state index is 0.252. The molecule has 0 aliphatic carbocycles. The van der Waals surface area contributed by atoms with E-state index in [1.54, 1.807) is 5.38 Å². The molecule has 1 rings (SSSR count). The van der Waals surface area contributed by atoms with Crippen LogP contribution in [0.4, 0.5) is 5.13 Å². The molecule has 0 amide bonds. The highest BCUT2D eigenvalue weighted by Gasteiger charge is 1.76. The van der Waals surface area contributed by atoms with Crippen molar-refractivity contribution in [3.63, 3.8) is 0 Å². The van der Waals surface area contributed by atoms with Gasteiger partial charge in [0.15, 0.2) is 5.13 Å². The molecule has 6 heavy (non-hydrogen) atoms. The Hall–Kier alpha value is -0.570. The van der Waals surface area contributed by atoms with E-state index in [0.29, 0.717) is 5.13 Å². The molecule has 32 valence electrons. The number of thiazole rings is 1. The van der Waals surface area contributed by atoms with Crippen LogP contribution < -0.4 is 5.73 Å². The van der Waals surface area contributed by atoms with Gasteiger partial charge in [-0.25, -0.2) is 4.98 Å². The van der Waals surface area contributed by atoms with Crippen LogP contribution >= 0.6 is 11.3 Å². The summed E-state index contributed by atoms with van der Waals surface area (Å²) in [4.78, 5) is 3.57. The van der Waals surface area contributed by atoms with Crippen molar-refractivity contribution in [1.82, 2.24) is 4.98 Å². The number of nitrogens with zero attached hydrogens (tertiary/aromatic N) is 1. The fraction of sp³-hybridized carbons (Fsp3) is 0. The molecule has 0 fully saturated rings. The summed E-state index contributed by atoms with van der Waals surface area (Å²) in [5, 5.41) is 2.06. The predicted molar refractivity (Wildman–Crippen MR) is 26.5 cm³/mol. The van der Waals surface area contributed by atoms with Gasteiger partial charge in [0.2, 0.25) is 0 Å². The van der Waals surface area contributed by atoms with Gasteiger partial charge in [0.1, 0.15) is 0 Å². The molecule has 0 aliphatic heterocycles. The average molecular weight is 102 g/mol. The molecular formula is C3H4N2S. The van der Waals surface area contributed by atoms with Crippen molar-refractivity contribution in [3.05, 3.63) is 11.6 Å². The van der Waals surface area contributed by atoms with Crippen molar-refractivity contribution in [2.45, 2.75) is 0 Å². The van der Waals surface area contributed by atoms with Crippen LogP contribution in [-0.2, 0) is 0 Å². The summed E-state index contributed by atoms with van der Waals surface area (Å²) in [7, 11) is 0. The van der Waals surface area contributed by atoms with E-state index in [9.17, 15) is 0 Å². The van der Waals surface area contributed by atoms with E-state index in [1.165, 1.54) is 11.3 Å². The van der Waals surface area contributed by atoms with Gasteiger partial charge >= 0.3 is 0 Å². The third-order valence-corrected chi connectivity index (χ3v) is 0.963. The number of anilines is 1. The fourth-order valence-corrected chi connectivity index (χ4v) is 0.535. The average Bonchev–Trinajstić information content (AvgIpc) is 1.87. The second-order valence-electron chi connectivity index (χ2n) is 0.815. The van der Waals surface area contributed by atoms with E-state index >= 15 is 0 Å². The van der Waals surface area contributed by atoms with E-state index in [-0.39, 0.29) is 6.17 Å². The topological polar surface area (TPSA) is 38.9 Å². The van der Waals surface area contributed by atoms with Crippen LogP contribution in [0.1, 0.15) is 1.37 Å². The smallest absolute Gasteiger partial charge is 0.179 e. The Balaban J connectivity index is 3.04. The van der Waals surface area contributed by atoms with E-state index in [2.05, 4.69) is 4.98 Å². The first-order chi connectivity index (χ1) is 3.29. The normalized spacial score (nSPS) is 11.0. The highest BCUT2D eigenvalue weighted by Crippen LogP contribution is 2.02. The highest BCUT2D eigenvalue weighted by molar-refractivity contribution is 7.13. The van der Waals surface area contributed by atoms with E-state index in [1.807, 2.05) is 0 Å². The zero-order valence-corrected chi connectivity index (χ0v) is 3.83. The number of nitrogen functional groups attached to an aromatic ring is 1. The van der Waals surface area contributed by atoms with Gasteiger partial charge in [0.05, 0.1) is 1.37 Å². The first kappa shape index (κ1) is 2.58. The van der Waals surface area contributed by atoms with Gasteiger partial charge in [-0.2, -0.15) is 0 Å². The van der Waals surface area contributed by atoms with Crippen LogP contribution in [0.15, 0.2) is 11.6 Å². The molecule has 0 saturated heterocycles. The lowest BCUT2D eigenvalue weighted by Gasteiger charge is -1.67. The van der Waals surface area contributed by atoms with Crippen LogP contribution in [0.2, 0.25) is 0 Å². The van der Waals surface area contributed by atoms with Crippen molar-refractivity contribution >= 4 is 16.5 Å². The highest BCUT2D eigenvalue weighted by atomic mass is 32.1. The third kappa shape index (κ3) is 0.490. The Labute approximate surface area is 41.0 Å². The Bertz CT molecular complexity index is 145. The molecule has 2 nitrogen and oxygen atoms in total. The number of nitrogens with two attached hydrogens (primary N) is 1. The van der Waals surface area contributed by atoms with Gasteiger partial charge in [-0.05, 0) is 0 Å². The molecule has 0 aliphatic rings. The van der Waals surface area contributed by atoms with Crippen molar-refractivity contribution in [1.29, 1.82) is 0 Å². The zero-order valence-electron chi connectivity index (χ0n) is 4.01. The van der Waals surface area contributed by atoms with Crippen molar-refractivity contribution in [3.8, 4) is 0 Å². The summed E-state index contributed by atoms with van der Waals surface area (Å²) in [5.41, 5.74) is 5.17. The van der Waals surface area contributed by atoms with Crippen LogP contribution in [0.3, 0.4) is 0 Å². The summed E-state index contributed by atoms with van der Waals surface area (Å²) in [6.07, 6.45) is 0.252. The molecule has 0 radical (unpaired) electrons. The largest absolute Gasteiger partial charge is 0.375 e. The second-order valence-corrected chi connectivity index (χ2v) is 1.70. The summed E-state index contributed by atoms with van der Waals surface area (Å²) in [6.45, 7) is 0. The van der Waals surface area contributed by atoms with E-state index in [4.69, 9.17) is 7.10 Å². The maximum atomic E-state index is 6.84. The van der Waals surface area contributed by atoms with E-state index in [0.717, 1.165) is 0 Å². The number of aromatic nitrogens is 1. The second kappa shape index (κ2) is 1.26.